The Balaban J connectivity index is 1.76. The molecule has 1 atom stereocenters. The molecule has 0 amide bonds. The Labute approximate surface area is 103 Å². The molecule has 2 N–H and O–H groups in total. The van der Waals surface area contributed by atoms with Crippen LogP contribution in [0.4, 0.5) is 0 Å². The lowest BCUT2D eigenvalue weighted by Crippen LogP contribution is -2.55. The summed E-state index contributed by atoms with van der Waals surface area (Å²) in [5.74, 6) is 0. The van der Waals surface area contributed by atoms with Gasteiger partial charge in [-0.15, -0.1) is 0 Å². The summed E-state index contributed by atoms with van der Waals surface area (Å²) in [6.07, 6.45) is 7.44. The van der Waals surface area contributed by atoms with Crippen molar-refractivity contribution in [3.05, 3.63) is 0 Å². The first-order valence-corrected chi connectivity index (χ1v) is 6.75. The molecular formula is C12H22N2OS. The quantitative estimate of drug-likeness (QED) is 0.725. The summed E-state index contributed by atoms with van der Waals surface area (Å²) in [6.45, 7) is 3.84. The maximum atomic E-state index is 5.51. The second-order valence-corrected chi connectivity index (χ2v) is 5.70. The van der Waals surface area contributed by atoms with Crippen LogP contribution < -0.4 is 10.6 Å². The van der Waals surface area contributed by atoms with Gasteiger partial charge in [-0.2, -0.15) is 0 Å². The third-order valence-corrected chi connectivity index (χ3v) is 3.76. The SMILES string of the molecule is CC1(NC(=S)NC2CCCC2)CCCOC1. The van der Waals surface area contributed by atoms with Crippen molar-refractivity contribution >= 4 is 17.3 Å². The summed E-state index contributed by atoms with van der Waals surface area (Å²) in [5.41, 5.74) is 0.0287. The van der Waals surface area contributed by atoms with Crippen LogP contribution in [0, 0.1) is 0 Å². The molecule has 0 aromatic rings. The molecule has 0 spiro atoms. The minimum atomic E-state index is 0.0287. The number of hydrogen-bond donors (Lipinski definition) is 2. The van der Waals surface area contributed by atoms with Gasteiger partial charge in [0.2, 0.25) is 0 Å². The molecule has 0 radical (unpaired) electrons. The van der Waals surface area contributed by atoms with Crippen molar-refractivity contribution in [3.8, 4) is 0 Å². The average molecular weight is 242 g/mol. The Hall–Kier alpha value is -0.350. The van der Waals surface area contributed by atoms with Crippen LogP contribution in [0.2, 0.25) is 0 Å². The van der Waals surface area contributed by atoms with Crippen LogP contribution in [0.25, 0.3) is 0 Å². The van der Waals surface area contributed by atoms with E-state index in [0.717, 1.165) is 31.2 Å². The molecule has 0 bridgehead atoms. The van der Waals surface area contributed by atoms with E-state index in [1.54, 1.807) is 0 Å². The highest BCUT2D eigenvalue weighted by molar-refractivity contribution is 7.80. The first-order valence-electron chi connectivity index (χ1n) is 6.34. The van der Waals surface area contributed by atoms with Crippen LogP contribution >= 0.6 is 12.2 Å². The van der Waals surface area contributed by atoms with Gasteiger partial charge in [-0.1, -0.05) is 12.8 Å². The zero-order valence-corrected chi connectivity index (χ0v) is 10.9. The Kier molecular flexibility index (Phi) is 4.03. The third kappa shape index (κ3) is 3.32. The fourth-order valence-corrected chi connectivity index (χ4v) is 3.01. The molecule has 1 saturated carbocycles. The van der Waals surface area contributed by atoms with E-state index in [0.29, 0.717) is 6.04 Å². The van der Waals surface area contributed by atoms with Gasteiger partial charge in [0, 0.05) is 12.6 Å². The van der Waals surface area contributed by atoms with E-state index in [2.05, 4.69) is 17.6 Å². The van der Waals surface area contributed by atoms with Gasteiger partial charge < -0.3 is 15.4 Å². The van der Waals surface area contributed by atoms with Gasteiger partial charge in [0.15, 0.2) is 5.11 Å². The van der Waals surface area contributed by atoms with Crippen molar-refractivity contribution in [2.24, 2.45) is 0 Å². The summed E-state index contributed by atoms with van der Waals surface area (Å²) in [4.78, 5) is 0. The second kappa shape index (κ2) is 5.32. The van der Waals surface area contributed by atoms with E-state index < -0.39 is 0 Å². The highest BCUT2D eigenvalue weighted by Crippen LogP contribution is 2.20. The third-order valence-electron chi connectivity index (χ3n) is 3.54. The van der Waals surface area contributed by atoms with Crippen LogP contribution in [0.15, 0.2) is 0 Å². The van der Waals surface area contributed by atoms with E-state index in [1.165, 1.54) is 25.7 Å². The summed E-state index contributed by atoms with van der Waals surface area (Å²) >= 11 is 5.37. The minimum absolute atomic E-state index is 0.0287. The van der Waals surface area contributed by atoms with Crippen LogP contribution in [0.3, 0.4) is 0 Å². The van der Waals surface area contributed by atoms with E-state index in [9.17, 15) is 0 Å². The van der Waals surface area contributed by atoms with E-state index >= 15 is 0 Å². The molecule has 1 saturated heterocycles. The topological polar surface area (TPSA) is 33.3 Å². The van der Waals surface area contributed by atoms with Crippen molar-refractivity contribution in [3.63, 3.8) is 0 Å². The smallest absolute Gasteiger partial charge is 0.167 e. The molecule has 1 aliphatic carbocycles. The first-order chi connectivity index (χ1) is 7.68. The number of nitrogens with one attached hydrogen (secondary N) is 2. The minimum Gasteiger partial charge on any atom is -0.379 e. The molecule has 92 valence electrons. The molecule has 0 aromatic carbocycles. The van der Waals surface area contributed by atoms with Crippen molar-refractivity contribution in [2.45, 2.75) is 57.0 Å². The summed E-state index contributed by atoms with van der Waals surface area (Å²) < 4.78 is 5.51. The summed E-state index contributed by atoms with van der Waals surface area (Å²) in [7, 11) is 0. The van der Waals surface area contributed by atoms with Crippen molar-refractivity contribution in [1.82, 2.24) is 10.6 Å². The van der Waals surface area contributed by atoms with Crippen LogP contribution in [-0.2, 0) is 4.74 Å². The maximum Gasteiger partial charge on any atom is 0.167 e. The predicted molar refractivity (Wildman–Crippen MR) is 69.6 cm³/mol. The number of rotatable bonds is 2. The van der Waals surface area contributed by atoms with Crippen LogP contribution in [0.1, 0.15) is 45.4 Å². The molecule has 16 heavy (non-hydrogen) atoms. The van der Waals surface area contributed by atoms with Crippen molar-refractivity contribution in [1.29, 1.82) is 0 Å². The Morgan fingerprint density at radius 2 is 2.06 bits per heavy atom. The lowest BCUT2D eigenvalue weighted by Gasteiger charge is -2.35. The molecule has 1 unspecified atom stereocenters. The highest BCUT2D eigenvalue weighted by atomic mass is 32.1. The monoisotopic (exact) mass is 242 g/mol. The predicted octanol–water partition coefficient (Wildman–Crippen LogP) is 1.96. The maximum absolute atomic E-state index is 5.51. The number of hydrogen-bond acceptors (Lipinski definition) is 2. The van der Waals surface area contributed by atoms with Gasteiger partial charge in [-0.3, -0.25) is 0 Å². The van der Waals surface area contributed by atoms with Gasteiger partial charge in [-0.25, -0.2) is 0 Å². The van der Waals surface area contributed by atoms with Crippen LogP contribution in [-0.4, -0.2) is 29.9 Å². The molecule has 0 aromatic heterocycles. The Morgan fingerprint density at radius 1 is 1.31 bits per heavy atom. The zero-order valence-electron chi connectivity index (χ0n) is 10.1. The lowest BCUT2D eigenvalue weighted by atomic mass is 9.95. The van der Waals surface area contributed by atoms with E-state index in [1.807, 2.05) is 0 Å². The second-order valence-electron chi connectivity index (χ2n) is 5.30. The molecule has 4 heteroatoms. The molecule has 1 aliphatic heterocycles. The Bertz CT molecular complexity index is 245. The molecular weight excluding hydrogens is 220 g/mol. The zero-order chi connectivity index (χ0) is 11.4. The molecule has 2 rings (SSSR count). The molecule has 2 aliphatic rings. The van der Waals surface area contributed by atoms with Gasteiger partial charge in [0.25, 0.3) is 0 Å². The summed E-state index contributed by atoms with van der Waals surface area (Å²) in [5, 5.41) is 7.64. The Morgan fingerprint density at radius 3 is 2.69 bits per heavy atom. The standard InChI is InChI=1S/C12H22N2OS/c1-12(7-4-8-15-9-12)14-11(16)13-10-5-2-3-6-10/h10H,2-9H2,1H3,(H2,13,14,16). The van der Waals surface area contributed by atoms with Gasteiger partial charge in [-0.05, 0) is 44.8 Å². The van der Waals surface area contributed by atoms with Gasteiger partial charge in [0.05, 0.1) is 12.1 Å². The van der Waals surface area contributed by atoms with Gasteiger partial charge in [0.1, 0.15) is 0 Å². The van der Waals surface area contributed by atoms with E-state index in [4.69, 9.17) is 17.0 Å². The summed E-state index contributed by atoms with van der Waals surface area (Å²) in [6, 6.07) is 0.591. The highest BCUT2D eigenvalue weighted by Gasteiger charge is 2.28. The number of ether oxygens (including phenoxy) is 1. The first kappa shape index (κ1) is 12.1. The largest absolute Gasteiger partial charge is 0.379 e. The fourth-order valence-electron chi connectivity index (χ4n) is 2.60. The van der Waals surface area contributed by atoms with Gasteiger partial charge >= 0.3 is 0 Å². The molecule has 3 nitrogen and oxygen atoms in total. The molecule has 2 fully saturated rings. The average Bonchev–Trinajstić information content (AvgIpc) is 2.70. The number of thiocarbonyl (C=S) groups is 1. The van der Waals surface area contributed by atoms with E-state index in [-0.39, 0.29) is 5.54 Å². The molecule has 1 heterocycles. The van der Waals surface area contributed by atoms with Crippen molar-refractivity contribution in [2.75, 3.05) is 13.2 Å². The lowest BCUT2D eigenvalue weighted by molar-refractivity contribution is 0.0369. The van der Waals surface area contributed by atoms with Crippen LogP contribution in [0.5, 0.6) is 0 Å². The normalized spacial score (nSPS) is 31.3. The fraction of sp³-hybridized carbons (Fsp3) is 0.917. The van der Waals surface area contributed by atoms with Crippen molar-refractivity contribution < 1.29 is 4.74 Å².